The van der Waals surface area contributed by atoms with Gasteiger partial charge in [-0.2, -0.15) is 0 Å². The van der Waals surface area contributed by atoms with Gasteiger partial charge >= 0.3 is 0 Å². The number of benzene rings is 2. The number of amides is 1. The largest absolute Gasteiger partial charge is 0.369 e. The molecule has 4 rings (SSSR count). The van der Waals surface area contributed by atoms with E-state index in [1.807, 2.05) is 31.2 Å². The molecule has 3 aromatic rings. The van der Waals surface area contributed by atoms with Crippen LogP contribution in [0.1, 0.15) is 33.8 Å². The molecular formula is C25H29N3OS. The van der Waals surface area contributed by atoms with Gasteiger partial charge in [0.1, 0.15) is 0 Å². The zero-order chi connectivity index (χ0) is 21.1. The normalized spacial score (nSPS) is 15.8. The fraction of sp³-hybridized carbons (Fsp3) is 0.320. The minimum absolute atomic E-state index is 0.00867. The molecule has 1 atom stereocenters. The van der Waals surface area contributed by atoms with Crippen molar-refractivity contribution in [1.29, 1.82) is 0 Å². The van der Waals surface area contributed by atoms with Gasteiger partial charge in [-0.05, 0) is 61.2 Å². The van der Waals surface area contributed by atoms with E-state index >= 15 is 0 Å². The average Bonchev–Trinajstić information content (AvgIpc) is 3.26. The number of piperazine rings is 1. The van der Waals surface area contributed by atoms with Gasteiger partial charge in [0.15, 0.2) is 0 Å². The third kappa shape index (κ3) is 4.58. The number of aryl methyl sites for hydroxylation is 1. The van der Waals surface area contributed by atoms with Crippen molar-refractivity contribution in [1.82, 2.24) is 10.2 Å². The van der Waals surface area contributed by atoms with Crippen LogP contribution >= 0.6 is 11.3 Å². The van der Waals surface area contributed by atoms with Crippen LogP contribution in [0.2, 0.25) is 0 Å². The molecule has 2 aromatic carbocycles. The predicted molar refractivity (Wildman–Crippen MR) is 127 cm³/mol. The van der Waals surface area contributed by atoms with Crippen molar-refractivity contribution < 1.29 is 4.79 Å². The van der Waals surface area contributed by atoms with Crippen molar-refractivity contribution in [3.63, 3.8) is 0 Å². The van der Waals surface area contributed by atoms with Gasteiger partial charge in [0, 0.05) is 42.3 Å². The van der Waals surface area contributed by atoms with Crippen LogP contribution in [0.15, 0.2) is 60.0 Å². The average molecular weight is 420 g/mol. The lowest BCUT2D eigenvalue weighted by Gasteiger charge is -2.34. The lowest BCUT2D eigenvalue weighted by molar-refractivity contribution is 0.0940. The predicted octanol–water partition coefficient (Wildman–Crippen LogP) is 4.97. The molecule has 156 valence electrons. The van der Waals surface area contributed by atoms with Crippen molar-refractivity contribution >= 4 is 22.9 Å². The highest BCUT2D eigenvalue weighted by Gasteiger charge is 2.19. The number of carbonyl (C=O) groups excluding carboxylic acids is 1. The van der Waals surface area contributed by atoms with Crippen LogP contribution in [0.4, 0.5) is 5.69 Å². The molecule has 4 nitrogen and oxygen atoms in total. The third-order valence-corrected chi connectivity index (χ3v) is 6.95. The SMILES string of the molecule is Cc1ccc(N2CCN(C)CC2)cc1C(=O)N[C@H](C)c1cc(-c2ccccc2)cs1. The van der Waals surface area contributed by atoms with Crippen LogP contribution in [0.3, 0.4) is 0 Å². The molecule has 1 aliphatic rings. The lowest BCUT2D eigenvalue weighted by atomic mass is 10.1. The minimum atomic E-state index is -0.0355. The maximum Gasteiger partial charge on any atom is 0.252 e. The molecule has 1 fully saturated rings. The van der Waals surface area contributed by atoms with E-state index in [1.165, 1.54) is 11.1 Å². The Bertz CT molecular complexity index is 1010. The summed E-state index contributed by atoms with van der Waals surface area (Å²) >= 11 is 1.69. The maximum absolute atomic E-state index is 13.1. The molecule has 2 heterocycles. The van der Waals surface area contributed by atoms with Gasteiger partial charge in [0.25, 0.3) is 5.91 Å². The Labute approximate surface area is 183 Å². The smallest absolute Gasteiger partial charge is 0.252 e. The summed E-state index contributed by atoms with van der Waals surface area (Å²) in [7, 11) is 2.15. The fourth-order valence-corrected chi connectivity index (χ4v) is 4.75. The Morgan fingerprint density at radius 2 is 1.73 bits per heavy atom. The van der Waals surface area contributed by atoms with Crippen LogP contribution in [0.5, 0.6) is 0 Å². The van der Waals surface area contributed by atoms with E-state index in [2.05, 4.69) is 64.8 Å². The first-order valence-corrected chi connectivity index (χ1v) is 11.4. The summed E-state index contributed by atoms with van der Waals surface area (Å²) in [5.74, 6) is -0.00867. The van der Waals surface area contributed by atoms with Crippen molar-refractivity contribution in [2.75, 3.05) is 38.1 Å². The Hall–Kier alpha value is -2.63. The van der Waals surface area contributed by atoms with Crippen LogP contribution in [-0.4, -0.2) is 44.0 Å². The molecule has 0 unspecified atom stereocenters. The first-order chi connectivity index (χ1) is 14.5. The third-order valence-electron chi connectivity index (χ3n) is 5.84. The molecule has 1 aromatic heterocycles. The number of hydrogen-bond donors (Lipinski definition) is 1. The summed E-state index contributed by atoms with van der Waals surface area (Å²) in [6, 6.07) is 18.7. The number of likely N-dealkylation sites (N-methyl/N-ethyl adjacent to an activating group) is 1. The monoisotopic (exact) mass is 419 g/mol. The first-order valence-electron chi connectivity index (χ1n) is 10.5. The lowest BCUT2D eigenvalue weighted by Crippen LogP contribution is -2.44. The van der Waals surface area contributed by atoms with Crippen LogP contribution in [0, 0.1) is 6.92 Å². The van der Waals surface area contributed by atoms with Crippen molar-refractivity contribution in [2.24, 2.45) is 0 Å². The second-order valence-corrected chi connectivity index (χ2v) is 9.03. The molecule has 0 radical (unpaired) electrons. The van der Waals surface area contributed by atoms with Gasteiger partial charge in [-0.3, -0.25) is 4.79 Å². The Balaban J connectivity index is 1.47. The molecule has 0 saturated carbocycles. The molecular weight excluding hydrogens is 390 g/mol. The van der Waals surface area contributed by atoms with Gasteiger partial charge in [-0.1, -0.05) is 36.4 Å². The molecule has 1 amide bonds. The van der Waals surface area contributed by atoms with Gasteiger partial charge in [0.2, 0.25) is 0 Å². The first kappa shape index (κ1) is 20.6. The van der Waals surface area contributed by atoms with Crippen molar-refractivity contribution in [3.8, 4) is 11.1 Å². The zero-order valence-electron chi connectivity index (χ0n) is 17.9. The highest BCUT2D eigenvalue weighted by atomic mass is 32.1. The summed E-state index contributed by atoms with van der Waals surface area (Å²) in [6.07, 6.45) is 0. The van der Waals surface area contributed by atoms with E-state index in [0.717, 1.165) is 47.9 Å². The molecule has 0 bridgehead atoms. The standard InChI is InChI=1S/C25H29N3OS/c1-18-9-10-22(28-13-11-27(3)12-14-28)16-23(18)25(29)26-19(2)24-15-21(17-30-24)20-7-5-4-6-8-20/h4-10,15-17,19H,11-14H2,1-3H3,(H,26,29)/t19-/m1/s1. The second kappa shape index (κ2) is 9.02. The topological polar surface area (TPSA) is 35.6 Å². The summed E-state index contributed by atoms with van der Waals surface area (Å²) in [4.78, 5) is 18.9. The second-order valence-electron chi connectivity index (χ2n) is 8.09. The van der Waals surface area contributed by atoms with E-state index < -0.39 is 0 Å². The molecule has 0 aliphatic carbocycles. The number of anilines is 1. The molecule has 0 spiro atoms. The maximum atomic E-state index is 13.1. The van der Waals surface area contributed by atoms with Crippen molar-refractivity contribution in [2.45, 2.75) is 19.9 Å². The summed E-state index contributed by atoms with van der Waals surface area (Å²) in [6.45, 7) is 8.15. The van der Waals surface area contributed by atoms with E-state index in [1.54, 1.807) is 11.3 Å². The summed E-state index contributed by atoms with van der Waals surface area (Å²) in [5.41, 5.74) is 5.31. The van der Waals surface area contributed by atoms with Gasteiger partial charge in [-0.25, -0.2) is 0 Å². The van der Waals surface area contributed by atoms with Gasteiger partial charge < -0.3 is 15.1 Å². The fourth-order valence-electron chi connectivity index (χ4n) is 3.82. The van der Waals surface area contributed by atoms with Crippen LogP contribution in [0.25, 0.3) is 11.1 Å². The van der Waals surface area contributed by atoms with Crippen molar-refractivity contribution in [3.05, 3.63) is 76.0 Å². The minimum Gasteiger partial charge on any atom is -0.369 e. The highest BCUT2D eigenvalue weighted by Crippen LogP contribution is 2.29. The number of nitrogens with zero attached hydrogens (tertiary/aromatic N) is 2. The van der Waals surface area contributed by atoms with E-state index in [0.29, 0.717) is 0 Å². The molecule has 1 aliphatic heterocycles. The zero-order valence-corrected chi connectivity index (χ0v) is 18.7. The highest BCUT2D eigenvalue weighted by molar-refractivity contribution is 7.10. The number of thiophene rings is 1. The summed E-state index contributed by atoms with van der Waals surface area (Å²) < 4.78 is 0. The Morgan fingerprint density at radius 3 is 2.47 bits per heavy atom. The molecule has 1 N–H and O–H groups in total. The van der Waals surface area contributed by atoms with Gasteiger partial charge in [-0.15, -0.1) is 11.3 Å². The van der Waals surface area contributed by atoms with Crippen LogP contribution in [-0.2, 0) is 0 Å². The van der Waals surface area contributed by atoms with E-state index in [4.69, 9.17) is 0 Å². The number of hydrogen-bond acceptors (Lipinski definition) is 4. The molecule has 1 saturated heterocycles. The van der Waals surface area contributed by atoms with Crippen LogP contribution < -0.4 is 10.2 Å². The van der Waals surface area contributed by atoms with Gasteiger partial charge in [0.05, 0.1) is 6.04 Å². The quantitative estimate of drug-likeness (QED) is 0.634. The van der Waals surface area contributed by atoms with E-state index in [9.17, 15) is 4.79 Å². The number of rotatable bonds is 5. The number of carbonyl (C=O) groups is 1. The molecule has 5 heteroatoms. The molecule has 30 heavy (non-hydrogen) atoms. The number of nitrogens with one attached hydrogen (secondary N) is 1. The summed E-state index contributed by atoms with van der Waals surface area (Å²) in [5, 5.41) is 5.36. The Morgan fingerprint density at radius 1 is 1.00 bits per heavy atom. The van der Waals surface area contributed by atoms with E-state index in [-0.39, 0.29) is 11.9 Å². The Kier molecular flexibility index (Phi) is 6.21.